The first-order valence-electron chi connectivity index (χ1n) is 8.36. The van der Waals surface area contributed by atoms with Crippen molar-refractivity contribution in [3.63, 3.8) is 0 Å². The first-order chi connectivity index (χ1) is 9.04. The zero-order chi connectivity index (χ0) is 14.6. The molecule has 0 aliphatic rings. The predicted molar refractivity (Wildman–Crippen MR) is 84.8 cm³/mol. The van der Waals surface area contributed by atoms with E-state index in [1.807, 2.05) is 6.92 Å². The van der Waals surface area contributed by atoms with Gasteiger partial charge in [0.15, 0.2) is 0 Å². The highest BCUT2D eigenvalue weighted by Crippen LogP contribution is 2.13. The Morgan fingerprint density at radius 2 is 1.42 bits per heavy atom. The van der Waals surface area contributed by atoms with Crippen molar-refractivity contribution in [2.24, 2.45) is 5.73 Å². The Morgan fingerprint density at radius 1 is 0.842 bits per heavy atom. The lowest BCUT2D eigenvalue weighted by atomic mass is 10.1. The second-order valence-electron chi connectivity index (χ2n) is 6.12. The molecule has 0 aliphatic carbocycles. The Hall–Kier alpha value is -0.120. The summed E-state index contributed by atoms with van der Waals surface area (Å²) in [6.07, 6.45) is 10.7. The first kappa shape index (κ1) is 18.9. The fraction of sp³-hybridized carbons (Fsp3) is 1.00. The summed E-state index contributed by atoms with van der Waals surface area (Å²) in [6, 6.07) is 0.150. The summed E-state index contributed by atoms with van der Waals surface area (Å²) in [4.78, 5) is 0. The van der Waals surface area contributed by atoms with Crippen LogP contribution in [0.2, 0.25) is 0 Å². The fourth-order valence-corrected chi connectivity index (χ4v) is 2.54. The smallest absolute Gasteiger partial charge is 0.0798 e. The van der Waals surface area contributed by atoms with Crippen molar-refractivity contribution in [1.29, 1.82) is 0 Å². The maximum Gasteiger partial charge on any atom is 0.0798 e. The normalized spacial score (nSPS) is 16.3. The van der Waals surface area contributed by atoms with E-state index >= 15 is 0 Å². The molecule has 3 heteroatoms. The highest BCUT2D eigenvalue weighted by molar-refractivity contribution is 4.55. The van der Waals surface area contributed by atoms with Crippen LogP contribution in [0.25, 0.3) is 0 Å². The number of nitrogens with two attached hydrogens (primary N) is 1. The summed E-state index contributed by atoms with van der Waals surface area (Å²) in [6.45, 7) is 8.57. The minimum atomic E-state index is -0.0208. The van der Waals surface area contributed by atoms with E-state index in [4.69, 9.17) is 5.73 Å². The summed E-state index contributed by atoms with van der Waals surface area (Å²) < 4.78 is -0.0208. The molecule has 0 rings (SSSR count). The minimum Gasteiger partial charge on any atom is -0.633 e. The van der Waals surface area contributed by atoms with Gasteiger partial charge in [-0.15, -0.1) is 0 Å². The van der Waals surface area contributed by atoms with Crippen LogP contribution < -0.4 is 5.73 Å². The topological polar surface area (TPSA) is 49.1 Å². The number of nitrogens with zero attached hydrogens (tertiary/aromatic N) is 1. The molecular formula is C16H36N2O. The summed E-state index contributed by atoms with van der Waals surface area (Å²) in [5, 5.41) is 12.6. The predicted octanol–water partition coefficient (Wildman–Crippen LogP) is 4.20. The van der Waals surface area contributed by atoms with E-state index in [-0.39, 0.29) is 10.7 Å². The first-order valence-corrected chi connectivity index (χ1v) is 8.36. The number of hydrogen-bond donors (Lipinski definition) is 1. The molecule has 116 valence electrons. The van der Waals surface area contributed by atoms with Crippen LogP contribution in [0, 0.1) is 5.21 Å². The fourth-order valence-electron chi connectivity index (χ4n) is 2.54. The molecule has 0 fully saturated rings. The minimum absolute atomic E-state index is 0.0208. The van der Waals surface area contributed by atoms with Gasteiger partial charge in [0.2, 0.25) is 0 Å². The number of rotatable bonds is 13. The van der Waals surface area contributed by atoms with Gasteiger partial charge in [-0.2, -0.15) is 0 Å². The Bertz CT molecular complexity index is 197. The Labute approximate surface area is 120 Å². The average molecular weight is 272 g/mol. The standard InChI is InChI=1S/C16H36N2O/c1-4-6-7-8-9-10-11-14-18(19,13-5-2)15-12-16(3)17/h16H,4-15,17H2,1-3H3. The largest absolute Gasteiger partial charge is 0.633 e. The van der Waals surface area contributed by atoms with Crippen LogP contribution in [-0.4, -0.2) is 30.3 Å². The van der Waals surface area contributed by atoms with Gasteiger partial charge in [0.25, 0.3) is 0 Å². The average Bonchev–Trinajstić information content (AvgIpc) is 2.36. The highest BCUT2D eigenvalue weighted by Gasteiger charge is 2.15. The molecule has 0 heterocycles. The lowest BCUT2D eigenvalue weighted by Gasteiger charge is -2.43. The molecule has 0 aromatic heterocycles. The van der Waals surface area contributed by atoms with Crippen molar-refractivity contribution in [3.8, 4) is 0 Å². The van der Waals surface area contributed by atoms with Crippen molar-refractivity contribution in [2.75, 3.05) is 19.6 Å². The van der Waals surface area contributed by atoms with Crippen LogP contribution in [0.15, 0.2) is 0 Å². The van der Waals surface area contributed by atoms with Crippen LogP contribution >= 0.6 is 0 Å². The summed E-state index contributed by atoms with van der Waals surface area (Å²) >= 11 is 0. The van der Waals surface area contributed by atoms with Gasteiger partial charge in [-0.3, -0.25) is 0 Å². The molecule has 0 saturated heterocycles. The molecular weight excluding hydrogens is 236 g/mol. The summed E-state index contributed by atoms with van der Waals surface area (Å²) in [5.41, 5.74) is 5.77. The quantitative estimate of drug-likeness (QED) is 0.310. The molecule has 0 saturated carbocycles. The highest BCUT2D eigenvalue weighted by atomic mass is 16.5. The van der Waals surface area contributed by atoms with Crippen molar-refractivity contribution in [3.05, 3.63) is 5.21 Å². The number of hydrogen-bond acceptors (Lipinski definition) is 2. The van der Waals surface area contributed by atoms with Gasteiger partial charge >= 0.3 is 0 Å². The Morgan fingerprint density at radius 3 is 1.95 bits per heavy atom. The van der Waals surface area contributed by atoms with Crippen LogP contribution in [-0.2, 0) is 0 Å². The summed E-state index contributed by atoms with van der Waals surface area (Å²) in [7, 11) is 0. The molecule has 0 spiro atoms. The van der Waals surface area contributed by atoms with Crippen molar-refractivity contribution >= 4 is 0 Å². The third kappa shape index (κ3) is 11.4. The van der Waals surface area contributed by atoms with Crippen molar-refractivity contribution in [1.82, 2.24) is 0 Å². The summed E-state index contributed by atoms with van der Waals surface area (Å²) in [5.74, 6) is 0. The second kappa shape index (κ2) is 11.7. The van der Waals surface area contributed by atoms with Crippen LogP contribution in [0.5, 0.6) is 0 Å². The van der Waals surface area contributed by atoms with Gasteiger partial charge < -0.3 is 15.6 Å². The second-order valence-corrected chi connectivity index (χ2v) is 6.12. The third-order valence-electron chi connectivity index (χ3n) is 3.79. The van der Waals surface area contributed by atoms with E-state index < -0.39 is 0 Å². The third-order valence-corrected chi connectivity index (χ3v) is 3.79. The maximum absolute atomic E-state index is 12.6. The molecule has 0 aliphatic heterocycles. The lowest BCUT2D eigenvalue weighted by molar-refractivity contribution is -0.881. The molecule has 2 atom stereocenters. The van der Waals surface area contributed by atoms with E-state index in [0.717, 1.165) is 32.4 Å². The van der Waals surface area contributed by atoms with Gasteiger partial charge in [0.1, 0.15) is 0 Å². The van der Waals surface area contributed by atoms with E-state index in [1.165, 1.54) is 38.5 Å². The van der Waals surface area contributed by atoms with Crippen molar-refractivity contribution < 1.29 is 4.65 Å². The molecule has 0 bridgehead atoms. The van der Waals surface area contributed by atoms with Crippen LogP contribution in [0.3, 0.4) is 0 Å². The Kier molecular flexibility index (Phi) is 11.6. The molecule has 19 heavy (non-hydrogen) atoms. The molecule has 3 nitrogen and oxygen atoms in total. The van der Waals surface area contributed by atoms with E-state index in [0.29, 0.717) is 6.54 Å². The number of unbranched alkanes of at least 4 members (excludes halogenated alkanes) is 6. The van der Waals surface area contributed by atoms with Gasteiger partial charge in [-0.1, -0.05) is 46.0 Å². The number of hydroxylamine groups is 3. The zero-order valence-electron chi connectivity index (χ0n) is 13.5. The van der Waals surface area contributed by atoms with Crippen LogP contribution in [0.4, 0.5) is 0 Å². The lowest BCUT2D eigenvalue weighted by Crippen LogP contribution is -2.45. The molecule has 2 N–H and O–H groups in total. The van der Waals surface area contributed by atoms with Gasteiger partial charge in [0.05, 0.1) is 19.6 Å². The van der Waals surface area contributed by atoms with Gasteiger partial charge in [-0.05, 0) is 26.2 Å². The van der Waals surface area contributed by atoms with E-state index in [9.17, 15) is 5.21 Å². The maximum atomic E-state index is 12.6. The monoisotopic (exact) mass is 272 g/mol. The van der Waals surface area contributed by atoms with E-state index in [2.05, 4.69) is 13.8 Å². The van der Waals surface area contributed by atoms with Crippen LogP contribution in [0.1, 0.15) is 78.6 Å². The molecule has 2 unspecified atom stereocenters. The molecule has 0 amide bonds. The van der Waals surface area contributed by atoms with Gasteiger partial charge in [-0.25, -0.2) is 0 Å². The Balaban J connectivity index is 3.74. The molecule has 0 radical (unpaired) electrons. The molecule has 0 aromatic rings. The van der Waals surface area contributed by atoms with Crippen molar-refractivity contribution in [2.45, 2.75) is 84.6 Å². The number of quaternary nitrogens is 1. The van der Waals surface area contributed by atoms with Gasteiger partial charge in [0, 0.05) is 12.5 Å². The molecule has 0 aromatic carbocycles. The van der Waals surface area contributed by atoms with E-state index in [1.54, 1.807) is 0 Å². The SMILES string of the molecule is CCCCCCCCC[N+]([O-])(CCC)CCC(C)N. The zero-order valence-corrected chi connectivity index (χ0v) is 13.5.